The van der Waals surface area contributed by atoms with Gasteiger partial charge in [0.05, 0.1) is 17.9 Å². The van der Waals surface area contributed by atoms with Crippen molar-refractivity contribution in [2.75, 3.05) is 32.5 Å². The lowest BCUT2D eigenvalue weighted by Crippen LogP contribution is -2.35. The summed E-state index contributed by atoms with van der Waals surface area (Å²) in [6.45, 7) is 10.0. The number of hydrogen-bond donors (Lipinski definition) is 1. The van der Waals surface area contributed by atoms with Crippen LogP contribution in [0.5, 0.6) is 0 Å². The fourth-order valence-electron chi connectivity index (χ4n) is 2.18. The predicted molar refractivity (Wildman–Crippen MR) is 87.4 cm³/mol. The second-order valence-corrected chi connectivity index (χ2v) is 7.26. The van der Waals surface area contributed by atoms with Crippen LogP contribution in [-0.4, -0.2) is 41.9 Å². The molecule has 0 radical (unpaired) electrons. The molecule has 6 heteroatoms. The summed E-state index contributed by atoms with van der Waals surface area (Å²) in [6, 6.07) is 0.0537. The highest BCUT2D eigenvalue weighted by Gasteiger charge is 2.20. The minimum atomic E-state index is -0.101. The molecule has 0 aromatic carbocycles. The summed E-state index contributed by atoms with van der Waals surface area (Å²) in [5.74, 6) is 0. The first-order chi connectivity index (χ1) is 9.14. The number of hydrogen-bond acceptors (Lipinski definition) is 4. The summed E-state index contributed by atoms with van der Waals surface area (Å²) in [6.07, 6.45) is 1.71. The Morgan fingerprint density at radius 2 is 2.05 bits per heavy atom. The Labute approximate surface area is 129 Å². The summed E-state index contributed by atoms with van der Waals surface area (Å²) in [4.78, 5) is 14.3. The van der Waals surface area contributed by atoms with Gasteiger partial charge in [-0.15, -0.1) is 0 Å². The Morgan fingerprint density at radius 3 is 2.55 bits per heavy atom. The fraction of sp³-hybridized carbons (Fsp3) is 0.714. The Morgan fingerprint density at radius 1 is 1.45 bits per heavy atom. The van der Waals surface area contributed by atoms with E-state index in [1.807, 2.05) is 13.8 Å². The van der Waals surface area contributed by atoms with Crippen molar-refractivity contribution in [1.29, 1.82) is 0 Å². The largest absolute Gasteiger partial charge is 0.382 e. The molecule has 0 aliphatic rings. The van der Waals surface area contributed by atoms with E-state index in [2.05, 4.69) is 59.2 Å². The molecule has 0 bridgehead atoms. The third-order valence-electron chi connectivity index (χ3n) is 2.93. The molecule has 0 spiro atoms. The predicted octanol–water partition coefficient (Wildman–Crippen LogP) is 2.59. The van der Waals surface area contributed by atoms with E-state index in [4.69, 9.17) is 0 Å². The summed E-state index contributed by atoms with van der Waals surface area (Å²) in [5.41, 5.74) is 0.754. The average molecular weight is 345 g/mol. The molecule has 0 saturated heterocycles. The van der Waals surface area contributed by atoms with E-state index in [1.54, 1.807) is 6.20 Å². The van der Waals surface area contributed by atoms with Crippen molar-refractivity contribution in [3.05, 3.63) is 21.0 Å². The Kier molecular flexibility index (Phi) is 5.77. The van der Waals surface area contributed by atoms with Crippen LogP contribution in [0.15, 0.2) is 15.5 Å². The summed E-state index contributed by atoms with van der Waals surface area (Å²) in [7, 11) is 4.12. The molecule has 0 unspecified atom stereocenters. The highest BCUT2D eigenvalue weighted by molar-refractivity contribution is 9.10. The zero-order valence-corrected chi connectivity index (χ0v) is 14.8. The normalized spacial score (nSPS) is 12.2. The lowest BCUT2D eigenvalue weighted by atomic mass is 9.93. The molecule has 0 saturated carbocycles. The maximum atomic E-state index is 12.1. The van der Waals surface area contributed by atoms with E-state index in [0.717, 1.165) is 18.8 Å². The van der Waals surface area contributed by atoms with Crippen molar-refractivity contribution >= 4 is 21.6 Å². The zero-order chi connectivity index (χ0) is 15.5. The van der Waals surface area contributed by atoms with Crippen LogP contribution in [0.3, 0.4) is 0 Å². The highest BCUT2D eigenvalue weighted by Crippen LogP contribution is 2.21. The van der Waals surface area contributed by atoms with Crippen LogP contribution in [0.4, 0.5) is 5.69 Å². The zero-order valence-electron chi connectivity index (χ0n) is 13.2. The third kappa shape index (κ3) is 4.59. The SMILES string of the molecule is CC(C)n1ncc(NCC(C)(C)CN(C)C)c(Br)c1=O. The lowest BCUT2D eigenvalue weighted by molar-refractivity contribution is 0.254. The van der Waals surface area contributed by atoms with Gasteiger partial charge in [0.25, 0.3) is 5.56 Å². The summed E-state index contributed by atoms with van der Waals surface area (Å²) < 4.78 is 2.02. The van der Waals surface area contributed by atoms with E-state index >= 15 is 0 Å². The molecule has 1 N–H and O–H groups in total. The first-order valence-electron chi connectivity index (χ1n) is 6.80. The minimum absolute atomic E-state index is 0.0537. The molecule has 114 valence electrons. The van der Waals surface area contributed by atoms with E-state index < -0.39 is 0 Å². The molecule has 1 aromatic rings. The van der Waals surface area contributed by atoms with E-state index in [1.165, 1.54) is 4.68 Å². The van der Waals surface area contributed by atoms with E-state index in [0.29, 0.717) is 4.47 Å². The van der Waals surface area contributed by atoms with Crippen molar-refractivity contribution in [2.24, 2.45) is 5.41 Å². The average Bonchev–Trinajstić information content (AvgIpc) is 2.29. The monoisotopic (exact) mass is 344 g/mol. The van der Waals surface area contributed by atoms with Gasteiger partial charge in [0.1, 0.15) is 4.47 Å². The maximum Gasteiger partial charge on any atom is 0.283 e. The molecule has 0 aliphatic carbocycles. The molecule has 0 aliphatic heterocycles. The smallest absolute Gasteiger partial charge is 0.283 e. The standard InChI is InChI=1S/C14H25BrN4O/c1-10(2)19-13(20)12(15)11(7-17-19)16-8-14(3,4)9-18(5)6/h7,10,16H,8-9H2,1-6H3. The van der Waals surface area contributed by atoms with Gasteiger partial charge in [-0.25, -0.2) is 4.68 Å². The molecular weight excluding hydrogens is 320 g/mol. The van der Waals surface area contributed by atoms with Crippen molar-refractivity contribution < 1.29 is 0 Å². The van der Waals surface area contributed by atoms with Gasteiger partial charge in [0, 0.05) is 13.1 Å². The fourth-order valence-corrected chi connectivity index (χ4v) is 2.61. The van der Waals surface area contributed by atoms with Crippen LogP contribution in [0.1, 0.15) is 33.7 Å². The van der Waals surface area contributed by atoms with Gasteiger partial charge < -0.3 is 10.2 Å². The van der Waals surface area contributed by atoms with E-state index in [-0.39, 0.29) is 17.0 Å². The van der Waals surface area contributed by atoms with Crippen LogP contribution < -0.4 is 10.9 Å². The summed E-state index contributed by atoms with van der Waals surface area (Å²) >= 11 is 3.37. The van der Waals surface area contributed by atoms with Crippen molar-refractivity contribution in [3.63, 3.8) is 0 Å². The second-order valence-electron chi connectivity index (χ2n) is 6.47. The number of aromatic nitrogens is 2. The maximum absolute atomic E-state index is 12.1. The van der Waals surface area contributed by atoms with Gasteiger partial charge in [-0.2, -0.15) is 5.10 Å². The summed E-state index contributed by atoms with van der Waals surface area (Å²) in [5, 5.41) is 7.52. The number of rotatable bonds is 6. The molecule has 1 rings (SSSR count). The van der Waals surface area contributed by atoms with Crippen molar-refractivity contribution in [2.45, 2.75) is 33.7 Å². The van der Waals surface area contributed by atoms with Gasteiger partial charge in [-0.3, -0.25) is 4.79 Å². The third-order valence-corrected chi connectivity index (χ3v) is 3.70. The molecule has 0 fully saturated rings. The van der Waals surface area contributed by atoms with Gasteiger partial charge >= 0.3 is 0 Å². The molecule has 1 heterocycles. The molecule has 1 aromatic heterocycles. The first kappa shape index (κ1) is 17.2. The Hall–Kier alpha value is -0.880. The molecular formula is C14H25BrN4O. The van der Waals surface area contributed by atoms with Crippen LogP contribution in [0.25, 0.3) is 0 Å². The van der Waals surface area contributed by atoms with Crippen molar-refractivity contribution in [3.8, 4) is 0 Å². The van der Waals surface area contributed by atoms with Gasteiger partial charge in [0.15, 0.2) is 0 Å². The molecule has 0 amide bonds. The lowest BCUT2D eigenvalue weighted by Gasteiger charge is -2.29. The number of anilines is 1. The number of nitrogens with one attached hydrogen (secondary N) is 1. The Balaban J connectivity index is 2.85. The number of halogens is 1. The quantitative estimate of drug-likeness (QED) is 0.861. The van der Waals surface area contributed by atoms with Crippen LogP contribution >= 0.6 is 15.9 Å². The topological polar surface area (TPSA) is 50.2 Å². The minimum Gasteiger partial charge on any atom is -0.382 e. The van der Waals surface area contributed by atoms with E-state index in [9.17, 15) is 4.79 Å². The highest BCUT2D eigenvalue weighted by atomic mass is 79.9. The molecule has 20 heavy (non-hydrogen) atoms. The van der Waals surface area contributed by atoms with Crippen LogP contribution in [-0.2, 0) is 0 Å². The number of nitrogens with zero attached hydrogens (tertiary/aromatic N) is 3. The Bertz CT molecular complexity index is 508. The van der Waals surface area contributed by atoms with Gasteiger partial charge in [0.2, 0.25) is 0 Å². The molecule has 5 nitrogen and oxygen atoms in total. The molecule has 0 atom stereocenters. The second kappa shape index (κ2) is 6.72. The van der Waals surface area contributed by atoms with Gasteiger partial charge in [-0.05, 0) is 49.3 Å². The van der Waals surface area contributed by atoms with Crippen LogP contribution in [0.2, 0.25) is 0 Å². The van der Waals surface area contributed by atoms with Crippen LogP contribution in [0, 0.1) is 5.41 Å². The first-order valence-corrected chi connectivity index (χ1v) is 7.59. The van der Waals surface area contributed by atoms with Crippen molar-refractivity contribution in [1.82, 2.24) is 14.7 Å². The van der Waals surface area contributed by atoms with Gasteiger partial charge in [-0.1, -0.05) is 13.8 Å².